The highest BCUT2D eigenvalue weighted by Gasteiger charge is 2.47. The molecule has 7 nitrogen and oxygen atoms in total. The Morgan fingerprint density at radius 3 is 2.80 bits per heavy atom. The van der Waals surface area contributed by atoms with Gasteiger partial charge in [-0.1, -0.05) is 11.6 Å². The van der Waals surface area contributed by atoms with E-state index in [9.17, 15) is 18.0 Å². The maximum absolute atomic E-state index is 13.7. The molecule has 30 heavy (non-hydrogen) atoms. The summed E-state index contributed by atoms with van der Waals surface area (Å²) in [6.45, 7) is 0. The second-order valence-electron chi connectivity index (χ2n) is 6.67. The molecule has 0 saturated carbocycles. The Balaban J connectivity index is 1.61. The number of alkyl halides is 3. The van der Waals surface area contributed by atoms with Crippen LogP contribution < -0.4 is 15.4 Å². The van der Waals surface area contributed by atoms with Crippen molar-refractivity contribution in [1.82, 2.24) is 9.78 Å². The summed E-state index contributed by atoms with van der Waals surface area (Å²) >= 11 is 6.04. The summed E-state index contributed by atoms with van der Waals surface area (Å²) in [5.41, 5.74) is 0.185. The van der Waals surface area contributed by atoms with Gasteiger partial charge < -0.3 is 19.8 Å². The Labute approximate surface area is 173 Å². The van der Waals surface area contributed by atoms with Crippen molar-refractivity contribution in [2.24, 2.45) is 0 Å². The quantitative estimate of drug-likeness (QED) is 0.593. The van der Waals surface area contributed by atoms with E-state index in [2.05, 4.69) is 15.7 Å². The van der Waals surface area contributed by atoms with Gasteiger partial charge in [0.2, 0.25) is 0 Å². The fraction of sp³-hybridized carbons (Fsp3) is 0.263. The minimum Gasteiger partial charge on any atom is -0.495 e. The molecule has 0 bridgehead atoms. The molecule has 1 aromatic carbocycles. The number of benzene rings is 1. The first kappa shape index (κ1) is 20.1. The van der Waals surface area contributed by atoms with Gasteiger partial charge in [-0.2, -0.15) is 18.3 Å². The SMILES string of the molecule is COc1ccc(NC(=O)c2cc3n(n2)[C@@H](C(F)(F)F)C[C@@H](c2ccco2)N3)cc1Cl. The Bertz CT molecular complexity index is 1070. The first-order chi connectivity index (χ1) is 14.3. The molecule has 0 spiro atoms. The molecular formula is C19H16ClF3N4O3. The lowest BCUT2D eigenvalue weighted by molar-refractivity contribution is -0.174. The largest absolute Gasteiger partial charge is 0.495 e. The van der Waals surface area contributed by atoms with Crippen molar-refractivity contribution in [3.05, 3.63) is 59.1 Å². The number of amides is 1. The van der Waals surface area contributed by atoms with Gasteiger partial charge in [0.05, 0.1) is 24.4 Å². The van der Waals surface area contributed by atoms with Gasteiger partial charge in [-0.15, -0.1) is 0 Å². The van der Waals surface area contributed by atoms with Crippen molar-refractivity contribution in [2.45, 2.75) is 24.7 Å². The molecule has 1 aliphatic heterocycles. The predicted molar refractivity (Wildman–Crippen MR) is 103 cm³/mol. The van der Waals surface area contributed by atoms with Gasteiger partial charge >= 0.3 is 6.18 Å². The number of methoxy groups -OCH3 is 1. The first-order valence-corrected chi connectivity index (χ1v) is 9.25. The fourth-order valence-electron chi connectivity index (χ4n) is 3.30. The van der Waals surface area contributed by atoms with Crippen molar-refractivity contribution in [1.29, 1.82) is 0 Å². The average Bonchev–Trinajstić information content (AvgIpc) is 3.36. The lowest BCUT2D eigenvalue weighted by Gasteiger charge is -2.32. The molecule has 1 amide bonds. The monoisotopic (exact) mass is 440 g/mol. The van der Waals surface area contributed by atoms with E-state index in [0.717, 1.165) is 4.68 Å². The molecule has 0 fully saturated rings. The van der Waals surface area contributed by atoms with Crippen LogP contribution in [0.5, 0.6) is 5.75 Å². The molecule has 0 radical (unpaired) electrons. The number of nitrogens with one attached hydrogen (secondary N) is 2. The molecule has 3 aromatic rings. The van der Waals surface area contributed by atoms with Crippen LogP contribution in [0, 0.1) is 0 Å². The Hall–Kier alpha value is -3.14. The summed E-state index contributed by atoms with van der Waals surface area (Å²) in [6.07, 6.45) is -3.48. The van der Waals surface area contributed by atoms with E-state index in [0.29, 0.717) is 17.2 Å². The summed E-state index contributed by atoms with van der Waals surface area (Å²) in [5, 5.41) is 9.70. The molecule has 4 rings (SSSR count). The molecule has 0 aliphatic carbocycles. The van der Waals surface area contributed by atoms with E-state index in [1.165, 1.54) is 25.5 Å². The van der Waals surface area contributed by atoms with Gasteiger partial charge in [-0.25, -0.2) is 4.68 Å². The lowest BCUT2D eigenvalue weighted by atomic mass is 10.0. The maximum Gasteiger partial charge on any atom is 0.410 e. The maximum atomic E-state index is 13.7. The highest BCUT2D eigenvalue weighted by molar-refractivity contribution is 6.32. The highest BCUT2D eigenvalue weighted by Crippen LogP contribution is 2.43. The zero-order chi connectivity index (χ0) is 21.5. The van der Waals surface area contributed by atoms with Gasteiger partial charge in [0.25, 0.3) is 5.91 Å². The van der Waals surface area contributed by atoms with Crippen molar-refractivity contribution < 1.29 is 27.1 Å². The molecule has 158 valence electrons. The molecular weight excluding hydrogens is 425 g/mol. The standard InChI is InChI=1S/C19H16ClF3N4O3/c1-29-14-5-4-10(7-11(14)20)24-18(28)13-9-17-25-12(15-3-2-6-30-15)8-16(19(21,22)23)27(17)26-13/h2-7,9,12,16,25H,8H2,1H3,(H,24,28)/t12-,16+/m0/s1. The predicted octanol–water partition coefficient (Wildman–Crippen LogP) is 5.05. The van der Waals surface area contributed by atoms with Crippen LogP contribution in [0.25, 0.3) is 0 Å². The van der Waals surface area contributed by atoms with Gasteiger partial charge in [0.15, 0.2) is 11.7 Å². The van der Waals surface area contributed by atoms with E-state index < -0.39 is 24.2 Å². The van der Waals surface area contributed by atoms with Crippen molar-refractivity contribution in [2.75, 3.05) is 17.7 Å². The van der Waals surface area contributed by atoms with E-state index >= 15 is 0 Å². The van der Waals surface area contributed by atoms with Crippen LogP contribution in [0.1, 0.15) is 34.8 Å². The van der Waals surface area contributed by atoms with Gasteiger partial charge in [-0.05, 0) is 30.3 Å². The number of ether oxygens (including phenoxy) is 1. The zero-order valence-electron chi connectivity index (χ0n) is 15.5. The third kappa shape index (κ3) is 3.82. The molecule has 11 heteroatoms. The Kier molecular flexibility index (Phi) is 5.10. The average molecular weight is 441 g/mol. The number of anilines is 2. The van der Waals surface area contributed by atoms with Crippen LogP contribution in [0.4, 0.5) is 24.7 Å². The number of rotatable bonds is 4. The van der Waals surface area contributed by atoms with Gasteiger partial charge in [0.1, 0.15) is 17.3 Å². The number of carbonyl (C=O) groups excluding carboxylic acids is 1. The number of aromatic nitrogens is 2. The molecule has 2 aromatic heterocycles. The van der Waals surface area contributed by atoms with Crippen molar-refractivity contribution >= 4 is 29.0 Å². The highest BCUT2D eigenvalue weighted by atomic mass is 35.5. The topological polar surface area (TPSA) is 81.3 Å². The number of carbonyl (C=O) groups is 1. The third-order valence-corrected chi connectivity index (χ3v) is 5.01. The smallest absolute Gasteiger partial charge is 0.410 e. The second kappa shape index (κ2) is 7.60. The summed E-state index contributed by atoms with van der Waals surface area (Å²) in [7, 11) is 1.45. The van der Waals surface area contributed by atoms with Crippen molar-refractivity contribution in [3.8, 4) is 5.75 Å². The number of furan rings is 1. The molecule has 2 atom stereocenters. The lowest BCUT2D eigenvalue weighted by Crippen LogP contribution is -2.35. The third-order valence-electron chi connectivity index (χ3n) is 4.72. The van der Waals surface area contributed by atoms with E-state index in [-0.39, 0.29) is 23.0 Å². The van der Waals surface area contributed by atoms with Crippen LogP contribution in [0.15, 0.2) is 47.1 Å². The van der Waals surface area contributed by atoms with Crippen LogP contribution >= 0.6 is 11.6 Å². The van der Waals surface area contributed by atoms with E-state index in [1.807, 2.05) is 0 Å². The van der Waals surface area contributed by atoms with Crippen LogP contribution in [0.2, 0.25) is 5.02 Å². The van der Waals surface area contributed by atoms with E-state index in [1.54, 1.807) is 24.3 Å². The van der Waals surface area contributed by atoms with Crippen LogP contribution in [-0.4, -0.2) is 29.0 Å². The second-order valence-corrected chi connectivity index (χ2v) is 7.08. The molecule has 3 heterocycles. The zero-order valence-corrected chi connectivity index (χ0v) is 16.3. The molecule has 0 saturated heterocycles. The molecule has 0 unspecified atom stereocenters. The van der Waals surface area contributed by atoms with Crippen LogP contribution in [0.3, 0.4) is 0 Å². The van der Waals surface area contributed by atoms with Gasteiger partial charge in [0, 0.05) is 18.2 Å². The normalized spacial score (nSPS) is 18.4. The Morgan fingerprint density at radius 2 is 2.17 bits per heavy atom. The number of fused-ring (bicyclic) bond motifs is 1. The number of hydrogen-bond acceptors (Lipinski definition) is 5. The summed E-state index contributed by atoms with van der Waals surface area (Å²) in [5.74, 6) is 0.196. The molecule has 1 aliphatic rings. The van der Waals surface area contributed by atoms with Crippen LogP contribution in [-0.2, 0) is 0 Å². The first-order valence-electron chi connectivity index (χ1n) is 8.87. The van der Waals surface area contributed by atoms with Crippen molar-refractivity contribution in [3.63, 3.8) is 0 Å². The fourth-order valence-corrected chi connectivity index (χ4v) is 3.56. The van der Waals surface area contributed by atoms with Gasteiger partial charge in [-0.3, -0.25) is 4.79 Å². The minimum absolute atomic E-state index is 0.0721. The number of hydrogen-bond donors (Lipinski definition) is 2. The summed E-state index contributed by atoms with van der Waals surface area (Å²) < 4.78 is 52.1. The van der Waals surface area contributed by atoms with E-state index in [4.69, 9.17) is 20.8 Å². The summed E-state index contributed by atoms with van der Waals surface area (Å²) in [4.78, 5) is 12.6. The number of nitrogens with zero attached hydrogens (tertiary/aromatic N) is 2. The Morgan fingerprint density at radius 1 is 1.37 bits per heavy atom. The molecule has 2 N–H and O–H groups in total. The number of halogens is 4. The summed E-state index contributed by atoms with van der Waals surface area (Å²) in [6, 6.07) is 6.45. The minimum atomic E-state index is -4.55.